The molecule has 0 bridgehead atoms. The Hall–Kier alpha value is -1.31. The lowest BCUT2D eigenvalue weighted by atomic mass is 9.79. The molecule has 0 fully saturated rings. The number of likely N-dealkylation sites (N-methyl/N-ethyl adjacent to an activating group) is 1. The van der Waals surface area contributed by atoms with Gasteiger partial charge in [0.25, 0.3) is 0 Å². The number of nitrogens with one attached hydrogen (secondary N) is 1. The van der Waals surface area contributed by atoms with Gasteiger partial charge in [-0.05, 0) is 18.9 Å². The van der Waals surface area contributed by atoms with Crippen LogP contribution in [0.15, 0.2) is 30.3 Å². The van der Waals surface area contributed by atoms with Gasteiger partial charge in [0.15, 0.2) is 0 Å². The molecule has 1 amide bonds. The smallest absolute Gasteiger partial charge is 0.230 e. The molecule has 0 aliphatic heterocycles. The van der Waals surface area contributed by atoms with Gasteiger partial charge < -0.3 is 5.32 Å². The van der Waals surface area contributed by atoms with Crippen LogP contribution in [0.2, 0.25) is 0 Å². The van der Waals surface area contributed by atoms with Crippen molar-refractivity contribution in [3.63, 3.8) is 0 Å². The predicted molar refractivity (Wildman–Crippen MR) is 58.2 cm³/mol. The fourth-order valence-corrected chi connectivity index (χ4v) is 1.58. The highest BCUT2D eigenvalue weighted by Crippen LogP contribution is 2.27. The number of hydrogen-bond donors (Lipinski definition) is 1. The van der Waals surface area contributed by atoms with Crippen LogP contribution in [0, 0.1) is 0 Å². The molecule has 2 heteroatoms. The van der Waals surface area contributed by atoms with Crippen molar-refractivity contribution in [1.29, 1.82) is 0 Å². The lowest BCUT2D eigenvalue weighted by Crippen LogP contribution is -2.40. The number of hydrogen-bond acceptors (Lipinski definition) is 1. The Balaban J connectivity index is 3.08. The highest BCUT2D eigenvalue weighted by Gasteiger charge is 2.31. The molecule has 1 aromatic rings. The lowest BCUT2D eigenvalue weighted by molar-refractivity contribution is -0.125. The SMILES string of the molecule is CCC(C)(C(=O)NC)c1ccccc1. The molecule has 0 spiro atoms. The van der Waals surface area contributed by atoms with E-state index in [-0.39, 0.29) is 5.91 Å². The van der Waals surface area contributed by atoms with E-state index in [1.54, 1.807) is 7.05 Å². The first kappa shape index (κ1) is 10.8. The van der Waals surface area contributed by atoms with Gasteiger partial charge in [-0.3, -0.25) is 4.79 Å². The van der Waals surface area contributed by atoms with Crippen molar-refractivity contribution in [2.75, 3.05) is 7.05 Å². The second-order valence-corrected chi connectivity index (χ2v) is 3.63. The zero-order chi connectivity index (χ0) is 10.6. The monoisotopic (exact) mass is 191 g/mol. The van der Waals surface area contributed by atoms with E-state index < -0.39 is 5.41 Å². The highest BCUT2D eigenvalue weighted by molar-refractivity contribution is 5.87. The second-order valence-electron chi connectivity index (χ2n) is 3.63. The third kappa shape index (κ3) is 1.79. The Morgan fingerprint density at radius 1 is 1.36 bits per heavy atom. The molecule has 0 heterocycles. The van der Waals surface area contributed by atoms with Gasteiger partial charge in [0, 0.05) is 7.05 Å². The molecule has 2 nitrogen and oxygen atoms in total. The van der Waals surface area contributed by atoms with Gasteiger partial charge >= 0.3 is 0 Å². The maximum Gasteiger partial charge on any atom is 0.230 e. The van der Waals surface area contributed by atoms with Crippen molar-refractivity contribution >= 4 is 5.91 Å². The number of rotatable bonds is 3. The molecular formula is C12H17NO. The molecule has 76 valence electrons. The summed E-state index contributed by atoms with van der Waals surface area (Å²) in [5.74, 6) is 0.0752. The number of carbonyl (C=O) groups excluding carboxylic acids is 1. The van der Waals surface area contributed by atoms with Crippen molar-refractivity contribution in [1.82, 2.24) is 5.32 Å². The van der Waals surface area contributed by atoms with Crippen molar-refractivity contribution in [2.45, 2.75) is 25.7 Å². The fraction of sp³-hybridized carbons (Fsp3) is 0.417. The maximum absolute atomic E-state index is 11.8. The maximum atomic E-state index is 11.8. The number of benzene rings is 1. The summed E-state index contributed by atoms with van der Waals surface area (Å²) in [5.41, 5.74) is 0.664. The van der Waals surface area contributed by atoms with Crippen LogP contribution in [0.4, 0.5) is 0 Å². The molecule has 14 heavy (non-hydrogen) atoms. The number of amides is 1. The van der Waals surface area contributed by atoms with Gasteiger partial charge in [-0.2, -0.15) is 0 Å². The van der Waals surface area contributed by atoms with Crippen LogP contribution in [0.3, 0.4) is 0 Å². The van der Waals surface area contributed by atoms with Crippen LogP contribution in [-0.4, -0.2) is 13.0 Å². The zero-order valence-corrected chi connectivity index (χ0v) is 9.00. The average molecular weight is 191 g/mol. The van der Waals surface area contributed by atoms with Crippen molar-refractivity contribution < 1.29 is 4.79 Å². The molecule has 1 atom stereocenters. The standard InChI is InChI=1S/C12H17NO/c1-4-12(2,11(14)13-3)10-8-6-5-7-9-10/h5-9H,4H2,1-3H3,(H,13,14). The van der Waals surface area contributed by atoms with E-state index in [0.29, 0.717) is 0 Å². The van der Waals surface area contributed by atoms with Gasteiger partial charge in [0.1, 0.15) is 0 Å². The lowest BCUT2D eigenvalue weighted by Gasteiger charge is -2.26. The summed E-state index contributed by atoms with van der Waals surface area (Å²) in [7, 11) is 1.68. The molecule has 0 radical (unpaired) electrons. The Kier molecular flexibility index (Phi) is 3.28. The quantitative estimate of drug-likeness (QED) is 0.779. The summed E-state index contributed by atoms with van der Waals surface area (Å²) >= 11 is 0. The molecule has 1 unspecified atom stereocenters. The Morgan fingerprint density at radius 3 is 2.36 bits per heavy atom. The molecule has 1 rings (SSSR count). The highest BCUT2D eigenvalue weighted by atomic mass is 16.2. The minimum Gasteiger partial charge on any atom is -0.358 e. The topological polar surface area (TPSA) is 29.1 Å². The molecule has 0 aromatic heterocycles. The van der Waals surface area contributed by atoms with E-state index in [0.717, 1.165) is 12.0 Å². The summed E-state index contributed by atoms with van der Waals surface area (Å²) in [5, 5.41) is 2.72. The van der Waals surface area contributed by atoms with Crippen LogP contribution in [0.5, 0.6) is 0 Å². The Bertz CT molecular complexity index is 307. The molecule has 1 N–H and O–H groups in total. The third-order valence-corrected chi connectivity index (χ3v) is 2.85. The van der Waals surface area contributed by atoms with E-state index in [1.807, 2.05) is 44.2 Å². The minimum absolute atomic E-state index is 0.0752. The summed E-state index contributed by atoms with van der Waals surface area (Å²) in [6, 6.07) is 9.89. The minimum atomic E-state index is -0.407. The van der Waals surface area contributed by atoms with Gasteiger partial charge in [0.2, 0.25) is 5.91 Å². The van der Waals surface area contributed by atoms with Gasteiger partial charge in [0.05, 0.1) is 5.41 Å². The molecule has 0 aliphatic carbocycles. The largest absolute Gasteiger partial charge is 0.358 e. The van der Waals surface area contributed by atoms with E-state index in [2.05, 4.69) is 5.32 Å². The van der Waals surface area contributed by atoms with E-state index >= 15 is 0 Å². The van der Waals surface area contributed by atoms with Crippen molar-refractivity contribution in [3.05, 3.63) is 35.9 Å². The van der Waals surface area contributed by atoms with E-state index in [4.69, 9.17) is 0 Å². The first-order valence-corrected chi connectivity index (χ1v) is 4.93. The van der Waals surface area contributed by atoms with Crippen molar-refractivity contribution in [2.24, 2.45) is 0 Å². The van der Waals surface area contributed by atoms with Gasteiger partial charge in [-0.1, -0.05) is 37.3 Å². The molecular weight excluding hydrogens is 174 g/mol. The van der Waals surface area contributed by atoms with Crippen LogP contribution in [0.25, 0.3) is 0 Å². The predicted octanol–water partition coefficient (Wildman–Crippen LogP) is 2.10. The fourth-order valence-electron chi connectivity index (χ4n) is 1.58. The first-order chi connectivity index (χ1) is 6.65. The summed E-state index contributed by atoms with van der Waals surface area (Å²) in [6.07, 6.45) is 0.802. The third-order valence-electron chi connectivity index (χ3n) is 2.85. The summed E-state index contributed by atoms with van der Waals surface area (Å²) in [4.78, 5) is 11.8. The average Bonchev–Trinajstić information content (AvgIpc) is 2.28. The second kappa shape index (κ2) is 4.27. The first-order valence-electron chi connectivity index (χ1n) is 4.93. The van der Waals surface area contributed by atoms with Crippen LogP contribution >= 0.6 is 0 Å². The normalized spacial score (nSPS) is 14.5. The van der Waals surface area contributed by atoms with Crippen LogP contribution < -0.4 is 5.32 Å². The number of carbonyl (C=O) groups is 1. The molecule has 0 aliphatic rings. The Labute approximate surface area is 85.3 Å². The van der Waals surface area contributed by atoms with Gasteiger partial charge in [-0.25, -0.2) is 0 Å². The molecule has 0 saturated carbocycles. The Morgan fingerprint density at radius 2 is 1.93 bits per heavy atom. The van der Waals surface area contributed by atoms with Crippen LogP contribution in [0.1, 0.15) is 25.8 Å². The van der Waals surface area contributed by atoms with E-state index in [1.165, 1.54) is 0 Å². The van der Waals surface area contributed by atoms with Crippen LogP contribution in [-0.2, 0) is 10.2 Å². The molecule has 0 saturated heterocycles. The molecule has 1 aromatic carbocycles. The zero-order valence-electron chi connectivity index (χ0n) is 9.00. The summed E-state index contributed by atoms with van der Waals surface area (Å²) in [6.45, 7) is 4.00. The van der Waals surface area contributed by atoms with Crippen molar-refractivity contribution in [3.8, 4) is 0 Å². The van der Waals surface area contributed by atoms with E-state index in [9.17, 15) is 4.79 Å². The summed E-state index contributed by atoms with van der Waals surface area (Å²) < 4.78 is 0. The van der Waals surface area contributed by atoms with Gasteiger partial charge in [-0.15, -0.1) is 0 Å².